The van der Waals surface area contributed by atoms with Crippen LogP contribution in [-0.2, 0) is 4.74 Å². The van der Waals surface area contributed by atoms with Crippen LogP contribution in [0.4, 0.5) is 5.82 Å². The monoisotopic (exact) mass is 272 g/mol. The average molecular weight is 272 g/mol. The summed E-state index contributed by atoms with van der Waals surface area (Å²) in [6.07, 6.45) is 0.818. The third kappa shape index (κ3) is 2.26. The van der Waals surface area contributed by atoms with Crippen LogP contribution >= 0.6 is 0 Å². The van der Waals surface area contributed by atoms with Crippen LogP contribution in [0.15, 0.2) is 30.3 Å². The maximum atomic E-state index is 11.3. The number of benzene rings is 1. The molecule has 0 radical (unpaired) electrons. The van der Waals surface area contributed by atoms with Gasteiger partial charge in [-0.25, -0.2) is 4.98 Å². The number of aliphatic hydroxyl groups excluding tert-OH is 1. The molecule has 1 aromatic carbocycles. The van der Waals surface area contributed by atoms with Gasteiger partial charge >= 0.3 is 0 Å². The Morgan fingerprint density at radius 2 is 2.30 bits per heavy atom. The van der Waals surface area contributed by atoms with E-state index in [9.17, 15) is 9.90 Å². The van der Waals surface area contributed by atoms with E-state index in [1.165, 1.54) is 0 Å². The fourth-order valence-electron chi connectivity index (χ4n) is 2.52. The van der Waals surface area contributed by atoms with Crippen LogP contribution in [0.3, 0.4) is 0 Å². The molecule has 0 bridgehead atoms. The Hall–Kier alpha value is -1.98. The van der Waals surface area contributed by atoms with E-state index in [4.69, 9.17) is 4.74 Å². The van der Waals surface area contributed by atoms with Crippen molar-refractivity contribution >= 4 is 23.0 Å². The molecule has 0 aliphatic carbocycles. The molecule has 1 saturated heterocycles. The summed E-state index contributed by atoms with van der Waals surface area (Å²) < 4.78 is 5.37. The van der Waals surface area contributed by atoms with Crippen molar-refractivity contribution in [3.05, 3.63) is 35.9 Å². The summed E-state index contributed by atoms with van der Waals surface area (Å²) in [5, 5.41) is 10.4. The van der Waals surface area contributed by atoms with E-state index in [0.717, 1.165) is 17.2 Å². The third-order valence-electron chi connectivity index (χ3n) is 3.57. The summed E-state index contributed by atoms with van der Waals surface area (Å²) in [6.45, 7) is 1.62. The first-order valence-electron chi connectivity index (χ1n) is 6.63. The number of aromatic nitrogens is 1. The number of anilines is 1. The van der Waals surface area contributed by atoms with E-state index in [0.29, 0.717) is 31.1 Å². The second-order valence-electron chi connectivity index (χ2n) is 4.82. The van der Waals surface area contributed by atoms with Gasteiger partial charge in [0.25, 0.3) is 0 Å². The number of fused-ring (bicyclic) bond motifs is 1. The van der Waals surface area contributed by atoms with E-state index in [-0.39, 0.29) is 12.6 Å². The lowest BCUT2D eigenvalue weighted by Crippen LogP contribution is -2.48. The number of carbonyl (C=O) groups excluding carboxylic acids is 1. The zero-order chi connectivity index (χ0) is 13.9. The maximum Gasteiger partial charge on any atom is 0.153 e. The van der Waals surface area contributed by atoms with Gasteiger partial charge in [0.2, 0.25) is 0 Å². The van der Waals surface area contributed by atoms with Crippen LogP contribution in [0.2, 0.25) is 0 Å². The Kier molecular flexibility index (Phi) is 3.62. The third-order valence-corrected chi connectivity index (χ3v) is 3.57. The van der Waals surface area contributed by atoms with E-state index in [1.54, 1.807) is 0 Å². The fraction of sp³-hybridized carbons (Fsp3) is 0.333. The first-order chi connectivity index (χ1) is 9.83. The minimum Gasteiger partial charge on any atom is -0.394 e. The molecule has 1 aliphatic heterocycles. The second-order valence-corrected chi connectivity index (χ2v) is 4.82. The molecule has 1 atom stereocenters. The number of para-hydroxylation sites is 1. The fourth-order valence-corrected chi connectivity index (χ4v) is 2.52. The van der Waals surface area contributed by atoms with E-state index < -0.39 is 0 Å². The molecule has 1 fully saturated rings. The van der Waals surface area contributed by atoms with Gasteiger partial charge in [-0.1, -0.05) is 18.2 Å². The summed E-state index contributed by atoms with van der Waals surface area (Å²) in [5.74, 6) is 0.626. The van der Waals surface area contributed by atoms with Crippen molar-refractivity contribution in [3.8, 4) is 0 Å². The SMILES string of the molecule is O=Cc1cc2ccccc2nc1N1CCOCC1CO. The van der Waals surface area contributed by atoms with Crippen LogP contribution in [0.1, 0.15) is 10.4 Å². The molecule has 104 valence electrons. The van der Waals surface area contributed by atoms with Gasteiger partial charge in [0.05, 0.1) is 36.9 Å². The highest BCUT2D eigenvalue weighted by molar-refractivity contribution is 5.91. The summed E-state index contributed by atoms with van der Waals surface area (Å²) in [4.78, 5) is 17.9. The lowest BCUT2D eigenvalue weighted by Gasteiger charge is -2.36. The Bertz CT molecular complexity index is 630. The smallest absolute Gasteiger partial charge is 0.153 e. The minimum atomic E-state index is -0.156. The van der Waals surface area contributed by atoms with Crippen LogP contribution in [-0.4, -0.2) is 48.8 Å². The van der Waals surface area contributed by atoms with Gasteiger partial charge in [-0.3, -0.25) is 4.79 Å². The molecular weight excluding hydrogens is 256 g/mol. The quantitative estimate of drug-likeness (QED) is 0.852. The van der Waals surface area contributed by atoms with Crippen molar-refractivity contribution in [2.75, 3.05) is 31.3 Å². The van der Waals surface area contributed by atoms with Gasteiger partial charge in [0.15, 0.2) is 6.29 Å². The van der Waals surface area contributed by atoms with E-state index in [1.807, 2.05) is 35.2 Å². The largest absolute Gasteiger partial charge is 0.394 e. The van der Waals surface area contributed by atoms with Crippen LogP contribution < -0.4 is 4.90 Å². The molecule has 20 heavy (non-hydrogen) atoms. The Morgan fingerprint density at radius 1 is 1.45 bits per heavy atom. The number of ether oxygens (including phenoxy) is 1. The van der Waals surface area contributed by atoms with Crippen LogP contribution in [0.5, 0.6) is 0 Å². The van der Waals surface area contributed by atoms with Crippen molar-refractivity contribution < 1.29 is 14.6 Å². The maximum absolute atomic E-state index is 11.3. The number of carbonyl (C=O) groups is 1. The molecule has 0 spiro atoms. The molecular formula is C15H16N2O3. The second kappa shape index (κ2) is 5.56. The zero-order valence-corrected chi connectivity index (χ0v) is 11.0. The van der Waals surface area contributed by atoms with Gasteiger partial charge < -0.3 is 14.7 Å². The number of aliphatic hydroxyl groups is 1. The summed E-state index contributed by atoms with van der Waals surface area (Å²) in [7, 11) is 0. The first kappa shape index (κ1) is 13.0. The molecule has 1 aromatic heterocycles. The summed E-state index contributed by atoms with van der Waals surface area (Å²) >= 11 is 0. The lowest BCUT2D eigenvalue weighted by atomic mass is 10.1. The Labute approximate surface area is 116 Å². The summed E-state index contributed by atoms with van der Waals surface area (Å²) in [6, 6.07) is 9.38. The lowest BCUT2D eigenvalue weighted by molar-refractivity contribution is 0.0721. The van der Waals surface area contributed by atoms with Gasteiger partial charge in [-0.05, 0) is 12.1 Å². The summed E-state index contributed by atoms with van der Waals surface area (Å²) in [5.41, 5.74) is 1.39. The van der Waals surface area contributed by atoms with Crippen molar-refractivity contribution in [2.45, 2.75) is 6.04 Å². The average Bonchev–Trinajstić information content (AvgIpc) is 2.53. The van der Waals surface area contributed by atoms with Gasteiger partial charge in [-0.2, -0.15) is 0 Å². The van der Waals surface area contributed by atoms with Crippen molar-refractivity contribution in [3.63, 3.8) is 0 Å². The highest BCUT2D eigenvalue weighted by Crippen LogP contribution is 2.25. The van der Waals surface area contributed by atoms with Gasteiger partial charge in [-0.15, -0.1) is 0 Å². The first-order valence-corrected chi connectivity index (χ1v) is 6.63. The van der Waals surface area contributed by atoms with Gasteiger partial charge in [0, 0.05) is 11.9 Å². The number of nitrogens with zero attached hydrogens (tertiary/aromatic N) is 2. The molecule has 1 N–H and O–H groups in total. The Morgan fingerprint density at radius 3 is 3.10 bits per heavy atom. The number of morpholine rings is 1. The van der Waals surface area contributed by atoms with Crippen LogP contribution in [0.25, 0.3) is 10.9 Å². The normalized spacial score (nSPS) is 19.2. The minimum absolute atomic E-state index is 0.0210. The molecule has 5 nitrogen and oxygen atoms in total. The Balaban J connectivity index is 2.10. The highest BCUT2D eigenvalue weighted by atomic mass is 16.5. The highest BCUT2D eigenvalue weighted by Gasteiger charge is 2.25. The van der Waals surface area contributed by atoms with Gasteiger partial charge in [0.1, 0.15) is 5.82 Å². The molecule has 1 unspecified atom stereocenters. The number of rotatable bonds is 3. The molecule has 5 heteroatoms. The topological polar surface area (TPSA) is 62.7 Å². The van der Waals surface area contributed by atoms with Crippen molar-refractivity contribution in [2.24, 2.45) is 0 Å². The zero-order valence-electron chi connectivity index (χ0n) is 11.0. The van der Waals surface area contributed by atoms with E-state index in [2.05, 4.69) is 4.98 Å². The number of hydrogen-bond donors (Lipinski definition) is 1. The molecule has 1 aliphatic rings. The number of hydrogen-bond acceptors (Lipinski definition) is 5. The molecule has 0 amide bonds. The van der Waals surface area contributed by atoms with Crippen LogP contribution in [0, 0.1) is 0 Å². The predicted octanol–water partition coefficient (Wildman–Crippen LogP) is 1.24. The van der Waals surface area contributed by atoms with E-state index >= 15 is 0 Å². The standard InChI is InChI=1S/C15H16N2O3/c18-8-12-7-11-3-1-2-4-14(11)16-15(12)17-5-6-20-10-13(17)9-19/h1-4,7-8,13,19H,5-6,9-10H2. The number of pyridine rings is 1. The molecule has 2 aromatic rings. The predicted molar refractivity (Wildman–Crippen MR) is 76.2 cm³/mol. The number of aldehydes is 1. The van der Waals surface area contributed by atoms with Crippen molar-refractivity contribution in [1.82, 2.24) is 4.98 Å². The van der Waals surface area contributed by atoms with Crippen molar-refractivity contribution in [1.29, 1.82) is 0 Å². The molecule has 3 rings (SSSR count). The molecule has 2 heterocycles. The molecule has 0 saturated carbocycles.